The van der Waals surface area contributed by atoms with Crippen LogP contribution in [0.25, 0.3) is 0 Å². The van der Waals surface area contributed by atoms with Crippen molar-refractivity contribution in [3.8, 4) is 11.5 Å². The molecule has 0 saturated carbocycles. The van der Waals surface area contributed by atoms with Gasteiger partial charge < -0.3 is 24.2 Å². The number of amides is 1. The van der Waals surface area contributed by atoms with Crippen molar-refractivity contribution in [2.45, 2.75) is 25.9 Å². The van der Waals surface area contributed by atoms with Crippen LogP contribution in [0.5, 0.6) is 11.5 Å². The van der Waals surface area contributed by atoms with Gasteiger partial charge in [0.2, 0.25) is 5.89 Å². The summed E-state index contributed by atoms with van der Waals surface area (Å²) in [7, 11) is 0. The highest BCUT2D eigenvalue weighted by Crippen LogP contribution is 2.37. The van der Waals surface area contributed by atoms with Crippen LogP contribution in [0.15, 0.2) is 40.9 Å². The second-order valence-corrected chi connectivity index (χ2v) is 7.31. The summed E-state index contributed by atoms with van der Waals surface area (Å²) >= 11 is 0. The van der Waals surface area contributed by atoms with E-state index in [4.69, 9.17) is 14.0 Å². The maximum atomic E-state index is 13.7. The molecule has 2 aliphatic rings. The highest BCUT2D eigenvalue weighted by atomic mass is 19.1. The van der Waals surface area contributed by atoms with E-state index in [9.17, 15) is 9.18 Å². The number of hydrogen-bond acceptors (Lipinski definition) is 7. The van der Waals surface area contributed by atoms with Crippen LogP contribution in [-0.4, -0.2) is 35.3 Å². The van der Waals surface area contributed by atoms with Crippen LogP contribution in [0.4, 0.5) is 15.8 Å². The average Bonchev–Trinajstić information content (AvgIpc) is 3.14. The number of anilines is 2. The zero-order valence-corrected chi connectivity index (χ0v) is 16.2. The van der Waals surface area contributed by atoms with Crippen molar-refractivity contribution in [2.24, 2.45) is 0 Å². The first-order valence-corrected chi connectivity index (χ1v) is 9.59. The number of carbonyl (C=O) groups excluding carboxylic acids is 1. The van der Waals surface area contributed by atoms with Gasteiger partial charge in [0, 0.05) is 12.6 Å². The van der Waals surface area contributed by atoms with E-state index < -0.39 is 0 Å². The molecular formula is C21H19FN4O4. The summed E-state index contributed by atoms with van der Waals surface area (Å²) in [6.07, 6.45) is 0.489. The Morgan fingerprint density at radius 2 is 2.10 bits per heavy atom. The normalized spacial score (nSPS) is 17.5. The van der Waals surface area contributed by atoms with Gasteiger partial charge in [-0.3, -0.25) is 4.79 Å². The highest BCUT2D eigenvalue weighted by molar-refractivity contribution is 5.95. The van der Waals surface area contributed by atoms with Gasteiger partial charge in [0.05, 0.1) is 23.8 Å². The van der Waals surface area contributed by atoms with Crippen molar-refractivity contribution in [2.75, 3.05) is 23.4 Å². The summed E-state index contributed by atoms with van der Waals surface area (Å²) < 4.78 is 30.3. The summed E-state index contributed by atoms with van der Waals surface area (Å²) in [5.41, 5.74) is 2.38. The molecule has 1 aromatic heterocycles. The fourth-order valence-corrected chi connectivity index (χ4v) is 3.75. The Balaban J connectivity index is 1.47. The monoisotopic (exact) mass is 410 g/mol. The van der Waals surface area contributed by atoms with Gasteiger partial charge in [-0.2, -0.15) is 4.98 Å². The highest BCUT2D eigenvalue weighted by Gasteiger charge is 2.30. The first-order valence-electron chi connectivity index (χ1n) is 9.59. The van der Waals surface area contributed by atoms with Crippen molar-refractivity contribution >= 4 is 17.3 Å². The van der Waals surface area contributed by atoms with Crippen molar-refractivity contribution < 1.29 is 23.2 Å². The molecule has 3 heterocycles. The number of hydrogen-bond donors (Lipinski definition) is 1. The van der Waals surface area contributed by atoms with E-state index in [1.54, 1.807) is 13.0 Å². The molecule has 0 unspecified atom stereocenters. The van der Waals surface area contributed by atoms with Crippen molar-refractivity contribution in [3.63, 3.8) is 0 Å². The summed E-state index contributed by atoms with van der Waals surface area (Å²) in [6.45, 7) is 2.65. The standard InChI is InChI=1S/C21H19FN4O4/c1-12-23-21(30-25-12)8-15-10-28-19-7-14(22)3-4-17(19)26(15)9-13-2-5-18-16(6-13)24-20(27)11-29-18/h2-7,15H,8-11H2,1H3,(H,24,27)/t15-/m0/s1. The van der Waals surface area contributed by atoms with Crippen LogP contribution in [0.3, 0.4) is 0 Å². The third-order valence-electron chi connectivity index (χ3n) is 5.11. The van der Waals surface area contributed by atoms with Gasteiger partial charge in [0.25, 0.3) is 5.91 Å². The van der Waals surface area contributed by atoms with Gasteiger partial charge >= 0.3 is 0 Å². The molecule has 9 heteroatoms. The smallest absolute Gasteiger partial charge is 0.262 e. The Kier molecular flexibility index (Phi) is 4.50. The molecule has 0 aliphatic carbocycles. The second kappa shape index (κ2) is 7.33. The number of fused-ring (bicyclic) bond motifs is 2. The number of nitrogens with one attached hydrogen (secondary N) is 1. The summed E-state index contributed by atoms with van der Waals surface area (Å²) in [6, 6.07) is 10.1. The molecule has 30 heavy (non-hydrogen) atoms. The number of aromatic nitrogens is 2. The van der Waals surface area contributed by atoms with E-state index in [0.29, 0.717) is 48.5 Å². The largest absolute Gasteiger partial charge is 0.489 e. The van der Waals surface area contributed by atoms with Gasteiger partial charge in [0.15, 0.2) is 12.4 Å². The molecule has 2 aromatic carbocycles. The SMILES string of the molecule is Cc1noc(C[C@H]2COc3cc(F)ccc3N2Cc2ccc3c(c2)NC(=O)CO3)n1. The Morgan fingerprint density at radius 3 is 2.93 bits per heavy atom. The molecule has 1 N–H and O–H groups in total. The van der Waals surface area contributed by atoms with Crippen LogP contribution in [-0.2, 0) is 17.8 Å². The van der Waals surface area contributed by atoms with Crippen LogP contribution in [0.2, 0.25) is 0 Å². The molecule has 3 aromatic rings. The van der Waals surface area contributed by atoms with Gasteiger partial charge in [-0.1, -0.05) is 11.2 Å². The third-order valence-corrected chi connectivity index (χ3v) is 5.11. The first kappa shape index (κ1) is 18.4. The summed E-state index contributed by atoms with van der Waals surface area (Å²) in [5.74, 6) is 1.68. The number of nitrogens with zero attached hydrogens (tertiary/aromatic N) is 3. The van der Waals surface area contributed by atoms with Gasteiger partial charge in [-0.05, 0) is 36.8 Å². The van der Waals surface area contributed by atoms with E-state index in [-0.39, 0.29) is 24.4 Å². The van der Waals surface area contributed by atoms with E-state index in [1.165, 1.54) is 12.1 Å². The number of rotatable bonds is 4. The Labute approximate surface area is 171 Å². The molecular weight excluding hydrogens is 391 g/mol. The third kappa shape index (κ3) is 3.54. The predicted molar refractivity (Wildman–Crippen MR) is 105 cm³/mol. The Bertz CT molecular complexity index is 1120. The zero-order valence-electron chi connectivity index (χ0n) is 16.2. The molecule has 0 bridgehead atoms. The first-order chi connectivity index (χ1) is 14.5. The molecule has 5 rings (SSSR count). The molecule has 0 fully saturated rings. The van der Waals surface area contributed by atoms with E-state index in [0.717, 1.165) is 11.3 Å². The summed E-state index contributed by atoms with van der Waals surface area (Å²) in [4.78, 5) is 18.1. The minimum atomic E-state index is -0.353. The molecule has 1 atom stereocenters. The second-order valence-electron chi connectivity index (χ2n) is 7.31. The van der Waals surface area contributed by atoms with Gasteiger partial charge in [-0.15, -0.1) is 0 Å². The number of aryl methyl sites for hydroxylation is 1. The van der Waals surface area contributed by atoms with Crippen LogP contribution in [0, 0.1) is 12.7 Å². The Hall–Kier alpha value is -3.62. The quantitative estimate of drug-likeness (QED) is 0.707. The average molecular weight is 410 g/mol. The van der Waals surface area contributed by atoms with Crippen LogP contribution in [0.1, 0.15) is 17.3 Å². The lowest BCUT2D eigenvalue weighted by atomic mass is 10.1. The van der Waals surface area contributed by atoms with E-state index in [1.807, 2.05) is 18.2 Å². The summed E-state index contributed by atoms with van der Waals surface area (Å²) in [5, 5.41) is 6.68. The van der Waals surface area contributed by atoms with E-state index >= 15 is 0 Å². The Morgan fingerprint density at radius 1 is 1.20 bits per heavy atom. The van der Waals surface area contributed by atoms with Crippen molar-refractivity contribution in [1.29, 1.82) is 0 Å². The number of halogens is 1. The van der Waals surface area contributed by atoms with Gasteiger partial charge in [-0.25, -0.2) is 4.39 Å². The van der Waals surface area contributed by atoms with Crippen LogP contribution < -0.4 is 19.7 Å². The minimum Gasteiger partial charge on any atom is -0.489 e. The zero-order chi connectivity index (χ0) is 20.7. The number of benzene rings is 2. The molecule has 1 amide bonds. The molecule has 0 spiro atoms. The van der Waals surface area contributed by atoms with Gasteiger partial charge in [0.1, 0.15) is 23.9 Å². The van der Waals surface area contributed by atoms with E-state index in [2.05, 4.69) is 20.4 Å². The van der Waals surface area contributed by atoms with Crippen LogP contribution >= 0.6 is 0 Å². The lowest BCUT2D eigenvalue weighted by Crippen LogP contribution is -2.44. The topological polar surface area (TPSA) is 89.7 Å². The number of carbonyl (C=O) groups is 1. The molecule has 154 valence electrons. The lowest BCUT2D eigenvalue weighted by molar-refractivity contribution is -0.118. The molecule has 0 radical (unpaired) electrons. The fourth-order valence-electron chi connectivity index (χ4n) is 3.75. The predicted octanol–water partition coefficient (Wildman–Crippen LogP) is 2.86. The maximum absolute atomic E-state index is 13.7. The van der Waals surface area contributed by atoms with Crippen molar-refractivity contribution in [1.82, 2.24) is 10.1 Å². The molecule has 2 aliphatic heterocycles. The molecule has 8 nitrogen and oxygen atoms in total. The fraction of sp³-hybridized carbons (Fsp3) is 0.286. The lowest BCUT2D eigenvalue weighted by Gasteiger charge is -2.38. The van der Waals surface area contributed by atoms with Crippen molar-refractivity contribution in [3.05, 3.63) is 59.5 Å². The number of ether oxygens (including phenoxy) is 2. The maximum Gasteiger partial charge on any atom is 0.262 e. The molecule has 0 saturated heterocycles. The minimum absolute atomic E-state index is 0.0143.